The molecule has 1 saturated heterocycles. The van der Waals surface area contributed by atoms with Crippen LogP contribution in [0.3, 0.4) is 0 Å². The number of nitrogens with zero attached hydrogens (tertiary/aromatic N) is 1. The van der Waals surface area contributed by atoms with E-state index < -0.39 is 0 Å². The highest BCUT2D eigenvalue weighted by Crippen LogP contribution is 2.33. The topological polar surface area (TPSA) is 20.3 Å². The van der Waals surface area contributed by atoms with Gasteiger partial charge < -0.3 is 0 Å². The van der Waals surface area contributed by atoms with Crippen molar-refractivity contribution in [3.05, 3.63) is 39.2 Å². The largest absolute Gasteiger partial charge is 0.293 e. The minimum Gasteiger partial charge on any atom is -0.293 e. The molecule has 0 radical (unpaired) electrons. The molecule has 2 nitrogen and oxygen atoms in total. The first-order valence-electron chi connectivity index (χ1n) is 7.12. The normalized spacial score (nSPS) is 17.0. The molecule has 5 heteroatoms. The Morgan fingerprint density at radius 2 is 2.14 bits per heavy atom. The van der Waals surface area contributed by atoms with Gasteiger partial charge >= 0.3 is 0 Å². The van der Waals surface area contributed by atoms with Crippen LogP contribution in [-0.2, 0) is 4.79 Å². The average molecular weight is 384 g/mol. The maximum Gasteiger partial charge on any atom is 0.266 e. The van der Waals surface area contributed by atoms with Gasteiger partial charge in [0.1, 0.15) is 4.32 Å². The van der Waals surface area contributed by atoms with Crippen LogP contribution in [0.25, 0.3) is 6.08 Å². The number of thioether (sulfide) groups is 1. The maximum absolute atomic E-state index is 12.4. The molecule has 112 valence electrons. The van der Waals surface area contributed by atoms with Crippen molar-refractivity contribution in [1.82, 2.24) is 4.90 Å². The number of hydrogen-bond acceptors (Lipinski definition) is 3. The molecule has 0 unspecified atom stereocenters. The van der Waals surface area contributed by atoms with E-state index in [1.54, 1.807) is 4.90 Å². The minimum atomic E-state index is 0.0430. The summed E-state index contributed by atoms with van der Waals surface area (Å²) in [4.78, 5) is 14.9. The third kappa shape index (κ3) is 4.66. The molecule has 1 aromatic carbocycles. The van der Waals surface area contributed by atoms with Crippen LogP contribution in [0.15, 0.2) is 33.6 Å². The quantitative estimate of drug-likeness (QED) is 0.381. The number of hydrogen-bond donors (Lipinski definition) is 0. The van der Waals surface area contributed by atoms with Gasteiger partial charge in [0.2, 0.25) is 0 Å². The first-order chi connectivity index (χ1) is 10.1. The van der Waals surface area contributed by atoms with Gasteiger partial charge in [0.15, 0.2) is 0 Å². The van der Waals surface area contributed by atoms with Crippen LogP contribution in [0.4, 0.5) is 0 Å². The molecule has 1 fully saturated rings. The third-order valence-corrected chi connectivity index (χ3v) is 5.13. The minimum absolute atomic E-state index is 0.0430. The van der Waals surface area contributed by atoms with E-state index >= 15 is 0 Å². The van der Waals surface area contributed by atoms with Crippen LogP contribution in [0.1, 0.15) is 38.2 Å². The van der Waals surface area contributed by atoms with Crippen molar-refractivity contribution >= 4 is 56.2 Å². The van der Waals surface area contributed by atoms with Crippen molar-refractivity contribution in [3.8, 4) is 0 Å². The van der Waals surface area contributed by atoms with Gasteiger partial charge in [0.05, 0.1) is 4.91 Å². The van der Waals surface area contributed by atoms with E-state index in [1.807, 2.05) is 30.3 Å². The van der Waals surface area contributed by atoms with Crippen LogP contribution in [0, 0.1) is 0 Å². The van der Waals surface area contributed by atoms with Crippen LogP contribution in [-0.4, -0.2) is 21.7 Å². The third-order valence-electron chi connectivity index (χ3n) is 3.26. The molecule has 21 heavy (non-hydrogen) atoms. The number of benzene rings is 1. The van der Waals surface area contributed by atoms with Gasteiger partial charge in [-0.3, -0.25) is 9.69 Å². The van der Waals surface area contributed by atoms with E-state index in [-0.39, 0.29) is 5.91 Å². The molecule has 0 spiro atoms. The smallest absolute Gasteiger partial charge is 0.266 e. The van der Waals surface area contributed by atoms with Crippen molar-refractivity contribution in [2.24, 2.45) is 0 Å². The Kier molecular flexibility index (Phi) is 6.45. The Balaban J connectivity index is 2.03. The van der Waals surface area contributed by atoms with Crippen LogP contribution in [0.2, 0.25) is 0 Å². The van der Waals surface area contributed by atoms with E-state index in [0.717, 1.165) is 29.4 Å². The van der Waals surface area contributed by atoms with Gasteiger partial charge in [-0.2, -0.15) is 0 Å². The second-order valence-electron chi connectivity index (χ2n) is 4.95. The van der Waals surface area contributed by atoms with Gasteiger partial charge in [0.25, 0.3) is 5.91 Å². The predicted octanol–water partition coefficient (Wildman–Crippen LogP) is 5.23. The lowest BCUT2D eigenvalue weighted by molar-refractivity contribution is -0.122. The first-order valence-corrected chi connectivity index (χ1v) is 9.14. The molecule has 0 saturated carbocycles. The molecule has 1 aromatic rings. The molecular weight excluding hydrogens is 366 g/mol. The van der Waals surface area contributed by atoms with E-state index in [9.17, 15) is 4.79 Å². The first kappa shape index (κ1) is 16.7. The summed E-state index contributed by atoms with van der Waals surface area (Å²) in [7, 11) is 0. The number of unbranched alkanes of at least 4 members (excludes halogenated alkanes) is 3. The summed E-state index contributed by atoms with van der Waals surface area (Å²) in [5.41, 5.74) is 1.01. The Morgan fingerprint density at radius 3 is 2.86 bits per heavy atom. The summed E-state index contributed by atoms with van der Waals surface area (Å²) in [5.74, 6) is 0.0430. The maximum atomic E-state index is 12.4. The molecule has 0 atom stereocenters. The standard InChI is InChI=1S/C16H18BrNOS2/c1-2-3-4-5-9-18-15(19)14(21-16(18)20)11-12-7-6-8-13(17)10-12/h6-8,10-11H,2-5,9H2,1H3/b14-11-. The Morgan fingerprint density at radius 1 is 1.33 bits per heavy atom. The molecule has 2 rings (SSSR count). The zero-order valence-corrected chi connectivity index (χ0v) is 15.2. The molecular formula is C16H18BrNOS2. The highest BCUT2D eigenvalue weighted by molar-refractivity contribution is 9.10. The second-order valence-corrected chi connectivity index (χ2v) is 7.54. The zero-order chi connectivity index (χ0) is 15.2. The van der Waals surface area contributed by atoms with Crippen LogP contribution >= 0.6 is 39.9 Å². The number of halogens is 1. The fourth-order valence-corrected chi connectivity index (χ4v) is 3.86. The van der Waals surface area contributed by atoms with Crippen molar-refractivity contribution in [2.75, 3.05) is 6.54 Å². The van der Waals surface area contributed by atoms with Crippen molar-refractivity contribution in [1.29, 1.82) is 0 Å². The molecule has 0 bridgehead atoms. The van der Waals surface area contributed by atoms with E-state index in [2.05, 4.69) is 22.9 Å². The lowest BCUT2D eigenvalue weighted by atomic mass is 10.2. The molecule has 0 N–H and O–H groups in total. The van der Waals surface area contributed by atoms with Gasteiger partial charge in [-0.1, -0.05) is 78.2 Å². The molecule has 0 aliphatic carbocycles. The fraction of sp³-hybridized carbons (Fsp3) is 0.375. The monoisotopic (exact) mass is 383 g/mol. The summed E-state index contributed by atoms with van der Waals surface area (Å²) in [6.45, 7) is 2.92. The van der Waals surface area contributed by atoms with Gasteiger partial charge in [-0.15, -0.1) is 0 Å². The highest BCUT2D eigenvalue weighted by atomic mass is 79.9. The molecule has 1 amide bonds. The summed E-state index contributed by atoms with van der Waals surface area (Å²) < 4.78 is 1.68. The summed E-state index contributed by atoms with van der Waals surface area (Å²) in [6, 6.07) is 7.91. The summed E-state index contributed by atoms with van der Waals surface area (Å²) in [5, 5.41) is 0. The SMILES string of the molecule is CCCCCCN1C(=O)/C(=C/c2cccc(Br)c2)SC1=S. The molecule has 1 aliphatic heterocycles. The number of rotatable bonds is 6. The molecule has 1 aliphatic rings. The van der Waals surface area contributed by atoms with Crippen LogP contribution < -0.4 is 0 Å². The van der Waals surface area contributed by atoms with Crippen molar-refractivity contribution in [2.45, 2.75) is 32.6 Å². The number of amides is 1. The predicted molar refractivity (Wildman–Crippen MR) is 98.2 cm³/mol. The van der Waals surface area contributed by atoms with E-state index in [0.29, 0.717) is 9.23 Å². The van der Waals surface area contributed by atoms with E-state index in [1.165, 1.54) is 24.6 Å². The number of thiocarbonyl (C=S) groups is 1. The zero-order valence-electron chi connectivity index (χ0n) is 12.0. The van der Waals surface area contributed by atoms with Gasteiger partial charge in [-0.25, -0.2) is 0 Å². The fourth-order valence-electron chi connectivity index (χ4n) is 2.14. The average Bonchev–Trinajstić information content (AvgIpc) is 2.70. The lowest BCUT2D eigenvalue weighted by Crippen LogP contribution is -2.28. The Labute approximate surface area is 144 Å². The highest BCUT2D eigenvalue weighted by Gasteiger charge is 2.31. The van der Waals surface area contributed by atoms with Gasteiger partial charge in [0, 0.05) is 11.0 Å². The van der Waals surface area contributed by atoms with Crippen LogP contribution in [0.5, 0.6) is 0 Å². The molecule has 1 heterocycles. The lowest BCUT2D eigenvalue weighted by Gasteiger charge is -2.13. The Bertz CT molecular complexity index is 571. The summed E-state index contributed by atoms with van der Waals surface area (Å²) >= 11 is 10.2. The summed E-state index contributed by atoms with van der Waals surface area (Å²) in [6.07, 6.45) is 6.49. The number of carbonyl (C=O) groups is 1. The van der Waals surface area contributed by atoms with Crippen molar-refractivity contribution in [3.63, 3.8) is 0 Å². The van der Waals surface area contributed by atoms with E-state index in [4.69, 9.17) is 12.2 Å². The van der Waals surface area contributed by atoms with Gasteiger partial charge in [-0.05, 0) is 30.2 Å². The van der Waals surface area contributed by atoms with Crippen molar-refractivity contribution < 1.29 is 4.79 Å². The molecule has 0 aromatic heterocycles. The Hall–Kier alpha value is -0.650. The second kappa shape index (κ2) is 8.11. The number of carbonyl (C=O) groups excluding carboxylic acids is 1.